The van der Waals surface area contributed by atoms with E-state index < -0.39 is 9.84 Å². The molecule has 1 fully saturated rings. The van der Waals surface area contributed by atoms with Crippen molar-refractivity contribution in [3.05, 3.63) is 0 Å². The average molecular weight is 235 g/mol. The van der Waals surface area contributed by atoms with Crippen molar-refractivity contribution in [2.75, 3.05) is 38.3 Å². The molecule has 1 N–H and O–H groups in total. The van der Waals surface area contributed by atoms with Gasteiger partial charge in [-0.05, 0) is 38.3 Å². The molecule has 0 spiro atoms. The normalized spacial score (nSPS) is 22.9. The number of rotatable bonds is 6. The monoisotopic (exact) mass is 235 g/mol. The Bertz CT molecular complexity index is 258. The molecule has 90 valence electrons. The highest BCUT2D eigenvalue weighted by Gasteiger charge is 2.12. The molecule has 0 aromatic rings. The van der Waals surface area contributed by atoms with Gasteiger partial charge in [0.15, 0.2) is 0 Å². The second-order valence-electron chi connectivity index (χ2n) is 4.24. The summed E-state index contributed by atoms with van der Waals surface area (Å²) in [5.74, 6) is 0.840. The SMILES string of the molecule is CS(=O)(=O)CCOCCC1CCCNC1. The molecule has 0 amide bonds. The minimum Gasteiger partial charge on any atom is -0.380 e. The molecule has 0 saturated carbocycles. The van der Waals surface area contributed by atoms with Gasteiger partial charge in [-0.25, -0.2) is 8.42 Å². The van der Waals surface area contributed by atoms with Crippen molar-refractivity contribution in [3.63, 3.8) is 0 Å². The summed E-state index contributed by atoms with van der Waals surface area (Å²) in [5.41, 5.74) is 0. The highest BCUT2D eigenvalue weighted by molar-refractivity contribution is 7.90. The minimum atomic E-state index is -2.87. The van der Waals surface area contributed by atoms with Crippen LogP contribution in [-0.4, -0.2) is 46.7 Å². The van der Waals surface area contributed by atoms with Gasteiger partial charge in [0.25, 0.3) is 0 Å². The highest BCUT2D eigenvalue weighted by atomic mass is 32.2. The maximum Gasteiger partial charge on any atom is 0.149 e. The topological polar surface area (TPSA) is 55.4 Å². The lowest BCUT2D eigenvalue weighted by Gasteiger charge is -2.22. The molecule has 1 saturated heterocycles. The van der Waals surface area contributed by atoms with Crippen molar-refractivity contribution >= 4 is 9.84 Å². The quantitative estimate of drug-likeness (QED) is 0.679. The average Bonchev–Trinajstić information content (AvgIpc) is 2.17. The van der Waals surface area contributed by atoms with Crippen molar-refractivity contribution in [2.45, 2.75) is 19.3 Å². The molecule has 1 aliphatic heterocycles. The summed E-state index contributed by atoms with van der Waals surface area (Å²) < 4.78 is 26.9. The molecular formula is C10H21NO3S. The van der Waals surface area contributed by atoms with Crippen molar-refractivity contribution in [1.29, 1.82) is 0 Å². The van der Waals surface area contributed by atoms with Crippen molar-refractivity contribution in [1.82, 2.24) is 5.32 Å². The summed E-state index contributed by atoms with van der Waals surface area (Å²) in [7, 11) is -2.87. The van der Waals surface area contributed by atoms with Crippen LogP contribution in [0.1, 0.15) is 19.3 Å². The molecule has 0 radical (unpaired) electrons. The van der Waals surface area contributed by atoms with Gasteiger partial charge in [-0.15, -0.1) is 0 Å². The summed E-state index contributed by atoms with van der Waals surface area (Å²) in [4.78, 5) is 0. The van der Waals surface area contributed by atoms with E-state index in [4.69, 9.17) is 4.74 Å². The summed E-state index contributed by atoms with van der Waals surface area (Å²) in [6.07, 6.45) is 4.79. The zero-order valence-corrected chi connectivity index (χ0v) is 10.2. The molecule has 5 heteroatoms. The fraction of sp³-hybridized carbons (Fsp3) is 1.00. The lowest BCUT2D eigenvalue weighted by Crippen LogP contribution is -2.30. The van der Waals surface area contributed by atoms with E-state index in [1.807, 2.05) is 0 Å². The fourth-order valence-corrected chi connectivity index (χ4v) is 2.15. The second-order valence-corrected chi connectivity index (χ2v) is 6.50. The van der Waals surface area contributed by atoms with Gasteiger partial charge in [0.2, 0.25) is 0 Å². The number of hydrogen-bond acceptors (Lipinski definition) is 4. The molecule has 1 heterocycles. The molecular weight excluding hydrogens is 214 g/mol. The van der Waals surface area contributed by atoms with Crippen LogP contribution in [0.25, 0.3) is 0 Å². The molecule has 15 heavy (non-hydrogen) atoms. The second kappa shape index (κ2) is 6.45. The standard InChI is InChI=1S/C10H21NO3S/c1-15(12,13)8-7-14-6-4-10-3-2-5-11-9-10/h10-11H,2-9H2,1H3. The van der Waals surface area contributed by atoms with Gasteiger partial charge >= 0.3 is 0 Å². The predicted molar refractivity (Wildman–Crippen MR) is 60.7 cm³/mol. The smallest absolute Gasteiger partial charge is 0.149 e. The first kappa shape index (κ1) is 12.9. The first-order chi connectivity index (χ1) is 7.08. The number of ether oxygens (including phenoxy) is 1. The summed E-state index contributed by atoms with van der Waals surface area (Å²) >= 11 is 0. The van der Waals surface area contributed by atoms with Crippen LogP contribution in [0, 0.1) is 5.92 Å². The van der Waals surface area contributed by atoms with Crippen LogP contribution in [0.4, 0.5) is 0 Å². The predicted octanol–water partition coefficient (Wildman–Crippen LogP) is 0.437. The Labute approximate surface area is 92.3 Å². The molecule has 0 bridgehead atoms. The van der Waals surface area contributed by atoms with E-state index in [1.165, 1.54) is 19.1 Å². The molecule has 0 aliphatic carbocycles. The molecule has 0 aromatic heterocycles. The van der Waals surface area contributed by atoms with Gasteiger partial charge in [0.05, 0.1) is 12.4 Å². The Hall–Kier alpha value is -0.130. The van der Waals surface area contributed by atoms with Crippen LogP contribution in [-0.2, 0) is 14.6 Å². The first-order valence-electron chi connectivity index (χ1n) is 5.54. The molecule has 1 atom stereocenters. The van der Waals surface area contributed by atoms with E-state index in [1.54, 1.807) is 0 Å². The van der Waals surface area contributed by atoms with Crippen LogP contribution < -0.4 is 5.32 Å². The van der Waals surface area contributed by atoms with E-state index in [9.17, 15) is 8.42 Å². The first-order valence-corrected chi connectivity index (χ1v) is 7.60. The van der Waals surface area contributed by atoms with E-state index >= 15 is 0 Å². The van der Waals surface area contributed by atoms with E-state index in [-0.39, 0.29) is 5.75 Å². The van der Waals surface area contributed by atoms with E-state index in [2.05, 4.69) is 5.32 Å². The number of sulfone groups is 1. The molecule has 4 nitrogen and oxygen atoms in total. The number of nitrogens with one attached hydrogen (secondary N) is 1. The van der Waals surface area contributed by atoms with Gasteiger partial charge in [0.1, 0.15) is 9.84 Å². The highest BCUT2D eigenvalue weighted by Crippen LogP contribution is 2.13. The Kier molecular flexibility index (Phi) is 5.56. The fourth-order valence-electron chi connectivity index (χ4n) is 1.73. The van der Waals surface area contributed by atoms with Gasteiger partial charge in [-0.3, -0.25) is 0 Å². The van der Waals surface area contributed by atoms with Crippen LogP contribution in [0.3, 0.4) is 0 Å². The van der Waals surface area contributed by atoms with Crippen molar-refractivity contribution in [2.24, 2.45) is 5.92 Å². The van der Waals surface area contributed by atoms with Crippen LogP contribution >= 0.6 is 0 Å². The summed E-state index contributed by atoms with van der Waals surface area (Å²) in [6, 6.07) is 0. The van der Waals surface area contributed by atoms with Gasteiger partial charge < -0.3 is 10.1 Å². The lowest BCUT2D eigenvalue weighted by molar-refractivity contribution is 0.128. The van der Waals surface area contributed by atoms with Gasteiger partial charge in [-0.1, -0.05) is 0 Å². The largest absolute Gasteiger partial charge is 0.380 e. The van der Waals surface area contributed by atoms with Crippen LogP contribution in [0.2, 0.25) is 0 Å². The zero-order valence-electron chi connectivity index (χ0n) is 9.37. The lowest BCUT2D eigenvalue weighted by atomic mass is 9.97. The third-order valence-electron chi connectivity index (χ3n) is 2.67. The van der Waals surface area contributed by atoms with E-state index in [0.29, 0.717) is 19.1 Å². The van der Waals surface area contributed by atoms with Crippen molar-refractivity contribution < 1.29 is 13.2 Å². The maximum absolute atomic E-state index is 10.8. The summed E-state index contributed by atoms with van der Waals surface area (Å²) in [5, 5.41) is 3.35. The van der Waals surface area contributed by atoms with Gasteiger partial charge in [0, 0.05) is 12.9 Å². The zero-order chi connectivity index (χ0) is 11.1. The van der Waals surface area contributed by atoms with Crippen LogP contribution in [0.5, 0.6) is 0 Å². The Morgan fingerprint density at radius 3 is 2.80 bits per heavy atom. The molecule has 0 aromatic carbocycles. The Morgan fingerprint density at radius 2 is 2.20 bits per heavy atom. The van der Waals surface area contributed by atoms with Gasteiger partial charge in [-0.2, -0.15) is 0 Å². The third kappa shape index (κ3) is 6.87. The molecule has 1 rings (SSSR count). The minimum absolute atomic E-state index is 0.135. The number of hydrogen-bond donors (Lipinski definition) is 1. The Morgan fingerprint density at radius 1 is 1.40 bits per heavy atom. The van der Waals surface area contributed by atoms with Crippen LogP contribution in [0.15, 0.2) is 0 Å². The van der Waals surface area contributed by atoms with Crippen molar-refractivity contribution in [3.8, 4) is 0 Å². The third-order valence-corrected chi connectivity index (χ3v) is 3.58. The van der Waals surface area contributed by atoms with E-state index in [0.717, 1.165) is 19.5 Å². The molecule has 1 aliphatic rings. The number of piperidine rings is 1. The summed E-state index contributed by atoms with van der Waals surface area (Å²) in [6.45, 7) is 3.22. The maximum atomic E-state index is 10.8. The Balaban J connectivity index is 1.96. The molecule has 1 unspecified atom stereocenters.